The summed E-state index contributed by atoms with van der Waals surface area (Å²) in [7, 11) is 0. The second-order valence-corrected chi connectivity index (χ2v) is 3.79. The van der Waals surface area contributed by atoms with Gasteiger partial charge in [-0.15, -0.1) is 11.3 Å². The van der Waals surface area contributed by atoms with Crippen LogP contribution in [0.25, 0.3) is 10.1 Å². The molecule has 1 aromatic heterocycles. The Morgan fingerprint density at radius 2 is 2.38 bits per heavy atom. The molecule has 2 rings (SSSR count). The van der Waals surface area contributed by atoms with Crippen LogP contribution in [0.5, 0.6) is 5.75 Å². The second kappa shape index (κ2) is 3.79. The summed E-state index contributed by atoms with van der Waals surface area (Å²) in [5.74, 6) is 0.963. The number of thiophene rings is 1. The summed E-state index contributed by atoms with van der Waals surface area (Å²) in [5.41, 5.74) is 0. The largest absolute Gasteiger partial charge is 0.494 e. The number of fused-ring (bicyclic) bond motifs is 1. The van der Waals surface area contributed by atoms with E-state index in [9.17, 15) is 0 Å². The second-order valence-electron chi connectivity index (χ2n) is 2.91. The van der Waals surface area contributed by atoms with Crippen molar-refractivity contribution in [2.24, 2.45) is 0 Å². The molecule has 0 aliphatic carbocycles. The maximum atomic E-state index is 5.53. The minimum atomic E-state index is 0.792. The van der Waals surface area contributed by atoms with Gasteiger partial charge in [-0.05, 0) is 36.1 Å². The molecule has 0 unspecified atom stereocenters. The van der Waals surface area contributed by atoms with Crippen LogP contribution < -0.4 is 4.74 Å². The van der Waals surface area contributed by atoms with Gasteiger partial charge < -0.3 is 4.74 Å². The van der Waals surface area contributed by atoms with Crippen molar-refractivity contribution in [3.05, 3.63) is 29.6 Å². The molecule has 1 radical (unpaired) electrons. The Kier molecular flexibility index (Phi) is 2.50. The summed E-state index contributed by atoms with van der Waals surface area (Å²) in [6.07, 6.45) is 1.05. The molecular formula is C11H11OS. The number of benzene rings is 1. The number of ether oxygens (including phenoxy) is 1. The maximum Gasteiger partial charge on any atom is 0.120 e. The Hall–Kier alpha value is -1.02. The molecule has 1 nitrogen and oxygen atoms in total. The van der Waals surface area contributed by atoms with Gasteiger partial charge in [0.25, 0.3) is 0 Å². The molecule has 0 saturated heterocycles. The Morgan fingerprint density at radius 1 is 1.46 bits per heavy atom. The predicted octanol–water partition coefficient (Wildman–Crippen LogP) is 3.49. The van der Waals surface area contributed by atoms with Crippen LogP contribution in [-0.2, 0) is 0 Å². The summed E-state index contributed by atoms with van der Waals surface area (Å²) >= 11 is 1.63. The van der Waals surface area contributed by atoms with E-state index < -0.39 is 0 Å². The molecular weight excluding hydrogens is 180 g/mol. The van der Waals surface area contributed by atoms with Crippen LogP contribution in [0.15, 0.2) is 24.3 Å². The van der Waals surface area contributed by atoms with E-state index in [1.54, 1.807) is 11.3 Å². The van der Waals surface area contributed by atoms with Crippen LogP contribution in [0, 0.1) is 5.38 Å². The highest BCUT2D eigenvalue weighted by Gasteiger charge is 1.97. The molecule has 67 valence electrons. The molecule has 2 heteroatoms. The fourth-order valence-corrected chi connectivity index (χ4v) is 1.92. The van der Waals surface area contributed by atoms with Crippen molar-refractivity contribution in [3.8, 4) is 5.75 Å². The van der Waals surface area contributed by atoms with Crippen molar-refractivity contribution >= 4 is 21.4 Å². The van der Waals surface area contributed by atoms with Gasteiger partial charge in [0.15, 0.2) is 0 Å². The van der Waals surface area contributed by atoms with Gasteiger partial charge in [-0.1, -0.05) is 6.92 Å². The number of hydrogen-bond donors (Lipinski definition) is 0. The lowest BCUT2D eigenvalue weighted by Gasteiger charge is -2.03. The molecule has 0 spiro atoms. The van der Waals surface area contributed by atoms with Crippen LogP contribution in [0.3, 0.4) is 0 Å². The zero-order valence-corrected chi connectivity index (χ0v) is 8.36. The minimum absolute atomic E-state index is 0.792. The standard InChI is InChI=1S/C11H11OS/c1-2-6-12-10-4-3-9-5-7-13-11(9)8-10/h3-5,8H,2,6H2,1H3. The summed E-state index contributed by atoms with van der Waals surface area (Å²) in [5, 5.41) is 4.35. The van der Waals surface area contributed by atoms with Crippen molar-refractivity contribution < 1.29 is 4.74 Å². The van der Waals surface area contributed by atoms with Crippen molar-refractivity contribution in [1.29, 1.82) is 0 Å². The van der Waals surface area contributed by atoms with Crippen molar-refractivity contribution in [1.82, 2.24) is 0 Å². The fraction of sp³-hybridized carbons (Fsp3) is 0.273. The minimum Gasteiger partial charge on any atom is -0.494 e. The molecule has 1 heterocycles. The van der Waals surface area contributed by atoms with Gasteiger partial charge in [0.2, 0.25) is 0 Å². The summed E-state index contributed by atoms with van der Waals surface area (Å²) in [6.45, 7) is 2.90. The lowest BCUT2D eigenvalue weighted by Crippen LogP contribution is -1.93. The summed E-state index contributed by atoms with van der Waals surface area (Å²) in [4.78, 5) is 0. The van der Waals surface area contributed by atoms with Gasteiger partial charge in [0.1, 0.15) is 5.75 Å². The Morgan fingerprint density at radius 3 is 3.23 bits per heavy atom. The molecule has 0 aliphatic heterocycles. The van der Waals surface area contributed by atoms with Crippen LogP contribution in [0.1, 0.15) is 13.3 Å². The van der Waals surface area contributed by atoms with Gasteiger partial charge >= 0.3 is 0 Å². The first kappa shape index (κ1) is 8.57. The van der Waals surface area contributed by atoms with Gasteiger partial charge in [-0.3, -0.25) is 0 Å². The highest BCUT2D eigenvalue weighted by Crippen LogP contribution is 2.24. The Balaban J connectivity index is 2.26. The lowest BCUT2D eigenvalue weighted by molar-refractivity contribution is 0.318. The van der Waals surface area contributed by atoms with Crippen molar-refractivity contribution in [2.45, 2.75) is 13.3 Å². The molecule has 0 atom stereocenters. The molecule has 1 aromatic carbocycles. The third-order valence-electron chi connectivity index (χ3n) is 1.84. The lowest BCUT2D eigenvalue weighted by atomic mass is 10.2. The molecule has 0 bridgehead atoms. The van der Waals surface area contributed by atoms with E-state index in [2.05, 4.69) is 24.4 Å². The highest BCUT2D eigenvalue weighted by atomic mass is 32.1. The Bertz CT molecular complexity index is 392. The maximum absolute atomic E-state index is 5.53. The van der Waals surface area contributed by atoms with Crippen molar-refractivity contribution in [3.63, 3.8) is 0 Å². The zero-order valence-electron chi connectivity index (χ0n) is 7.54. The van der Waals surface area contributed by atoms with Crippen LogP contribution >= 0.6 is 11.3 Å². The first-order valence-corrected chi connectivity index (χ1v) is 5.24. The quantitative estimate of drug-likeness (QED) is 0.721. The summed E-state index contributed by atoms with van der Waals surface area (Å²) < 4.78 is 6.77. The first-order valence-electron chi connectivity index (χ1n) is 4.42. The molecule has 13 heavy (non-hydrogen) atoms. The van der Waals surface area contributed by atoms with Crippen LogP contribution in [-0.4, -0.2) is 6.61 Å². The van der Waals surface area contributed by atoms with E-state index >= 15 is 0 Å². The van der Waals surface area contributed by atoms with Gasteiger partial charge in [-0.25, -0.2) is 0 Å². The smallest absolute Gasteiger partial charge is 0.120 e. The first-order chi connectivity index (χ1) is 6.40. The van der Waals surface area contributed by atoms with E-state index in [-0.39, 0.29) is 0 Å². The SMILES string of the molecule is CCCOc1ccc2c[c]sc2c1. The van der Waals surface area contributed by atoms with Crippen LogP contribution in [0.2, 0.25) is 0 Å². The zero-order chi connectivity index (χ0) is 9.10. The normalized spacial score (nSPS) is 10.5. The fourth-order valence-electron chi connectivity index (χ4n) is 1.19. The number of rotatable bonds is 3. The third kappa shape index (κ3) is 1.83. The predicted molar refractivity (Wildman–Crippen MR) is 56.4 cm³/mol. The third-order valence-corrected chi connectivity index (χ3v) is 2.65. The van der Waals surface area contributed by atoms with E-state index in [4.69, 9.17) is 4.74 Å². The molecule has 0 saturated carbocycles. The van der Waals surface area contributed by atoms with Crippen molar-refractivity contribution in [2.75, 3.05) is 6.61 Å². The molecule has 2 aromatic rings. The molecule has 0 fully saturated rings. The Labute approximate surface area is 82.0 Å². The summed E-state index contributed by atoms with van der Waals surface area (Å²) in [6, 6.07) is 8.17. The van der Waals surface area contributed by atoms with Gasteiger partial charge in [0, 0.05) is 10.1 Å². The highest BCUT2D eigenvalue weighted by molar-refractivity contribution is 7.16. The average Bonchev–Trinajstić information content (AvgIpc) is 2.61. The van der Waals surface area contributed by atoms with Gasteiger partial charge in [0.05, 0.1) is 6.61 Å². The van der Waals surface area contributed by atoms with E-state index in [0.717, 1.165) is 18.8 Å². The molecule has 0 N–H and O–H groups in total. The van der Waals surface area contributed by atoms with E-state index in [0.29, 0.717) is 0 Å². The molecule has 0 amide bonds. The van der Waals surface area contributed by atoms with E-state index in [1.807, 2.05) is 12.1 Å². The van der Waals surface area contributed by atoms with Crippen LogP contribution in [0.4, 0.5) is 0 Å². The van der Waals surface area contributed by atoms with Gasteiger partial charge in [-0.2, -0.15) is 0 Å². The van der Waals surface area contributed by atoms with E-state index in [1.165, 1.54) is 10.1 Å². The average molecular weight is 191 g/mol. The monoisotopic (exact) mass is 191 g/mol. The molecule has 0 aliphatic rings. The topological polar surface area (TPSA) is 9.23 Å². The number of hydrogen-bond acceptors (Lipinski definition) is 2.